The smallest absolute Gasteiger partial charge is 0.00715 e. The molecule has 0 rings (SSSR count). The van der Waals surface area contributed by atoms with Crippen molar-refractivity contribution >= 4 is 6.34 Å². The van der Waals surface area contributed by atoms with Gasteiger partial charge in [-0.25, -0.2) is 0 Å². The Morgan fingerprint density at radius 1 is 1.25 bits per heavy atom. The first-order chi connectivity index (χ1) is 5.07. The van der Waals surface area contributed by atoms with Crippen molar-refractivity contribution in [3.8, 4) is 0 Å². The van der Waals surface area contributed by atoms with Crippen LogP contribution in [0.5, 0.6) is 0 Å². The maximum atomic E-state index is 4.19. The van der Waals surface area contributed by atoms with Crippen LogP contribution < -0.4 is 0 Å². The summed E-state index contributed by atoms with van der Waals surface area (Å²) < 4.78 is 0. The van der Waals surface area contributed by atoms with E-state index >= 15 is 0 Å². The monoisotopic (exact) mass is 210 g/mol. The first kappa shape index (κ1) is 14.5. The molecule has 0 fully saturated rings. The normalized spacial score (nSPS) is 10.9. The molecule has 0 atom stereocenters. The SMILES string of the molecule is CCN([C-]=NC(C)C)C(C)C.[Mn]. The van der Waals surface area contributed by atoms with E-state index in [2.05, 4.69) is 50.8 Å². The van der Waals surface area contributed by atoms with Crippen LogP contribution in [-0.2, 0) is 17.1 Å². The number of hydrogen-bond donors (Lipinski definition) is 0. The second-order valence-electron chi connectivity index (χ2n) is 3.20. The summed E-state index contributed by atoms with van der Waals surface area (Å²) in [6.45, 7) is 11.5. The van der Waals surface area contributed by atoms with Crippen LogP contribution in [0.4, 0.5) is 0 Å². The van der Waals surface area contributed by atoms with Gasteiger partial charge < -0.3 is 9.89 Å². The van der Waals surface area contributed by atoms with Crippen molar-refractivity contribution in [2.24, 2.45) is 4.99 Å². The summed E-state index contributed by atoms with van der Waals surface area (Å²) >= 11 is 0. The predicted octanol–water partition coefficient (Wildman–Crippen LogP) is 2.03. The Balaban J connectivity index is 0. The molecule has 73 valence electrons. The van der Waals surface area contributed by atoms with Gasteiger partial charge in [0.2, 0.25) is 0 Å². The largest absolute Gasteiger partial charge is 0.536 e. The van der Waals surface area contributed by atoms with E-state index in [4.69, 9.17) is 0 Å². The van der Waals surface area contributed by atoms with Crippen molar-refractivity contribution in [1.82, 2.24) is 4.90 Å². The fraction of sp³-hybridized carbons (Fsp3) is 0.889. The van der Waals surface area contributed by atoms with Gasteiger partial charge in [-0.05, 0) is 40.3 Å². The minimum Gasteiger partial charge on any atom is -0.536 e. The van der Waals surface area contributed by atoms with Crippen LogP contribution in [0, 0.1) is 0 Å². The molecule has 0 aliphatic carbocycles. The minimum atomic E-state index is 0. The molecule has 1 radical (unpaired) electrons. The zero-order valence-electron chi connectivity index (χ0n) is 8.63. The third kappa shape index (κ3) is 6.68. The maximum Gasteiger partial charge on any atom is 0.00715 e. The average Bonchev–Trinajstić information content (AvgIpc) is 1.87. The molecule has 0 spiro atoms. The summed E-state index contributed by atoms with van der Waals surface area (Å²) in [6.07, 6.45) is 3.03. The second-order valence-corrected chi connectivity index (χ2v) is 3.20. The van der Waals surface area contributed by atoms with Crippen LogP contribution in [0.2, 0.25) is 0 Å². The van der Waals surface area contributed by atoms with Crippen LogP contribution in [0.3, 0.4) is 0 Å². The standard InChI is InChI=1S/C9H19N2.Mn/c1-6-11(9(4)5)7-10-8(2)3;/h8-9H,6H2,1-5H3;/q-1;. The van der Waals surface area contributed by atoms with Gasteiger partial charge in [0, 0.05) is 23.1 Å². The Morgan fingerprint density at radius 3 is 2.00 bits per heavy atom. The van der Waals surface area contributed by atoms with E-state index in [0.29, 0.717) is 12.1 Å². The quantitative estimate of drug-likeness (QED) is 0.228. The Bertz CT molecular complexity index is 122. The number of aliphatic imine (C=N–C) groups is 1. The van der Waals surface area contributed by atoms with Crippen LogP contribution in [0.25, 0.3) is 0 Å². The van der Waals surface area contributed by atoms with E-state index in [9.17, 15) is 0 Å². The predicted molar refractivity (Wildman–Crippen MR) is 50.1 cm³/mol. The van der Waals surface area contributed by atoms with Gasteiger partial charge in [-0.15, -0.1) is 0 Å². The molecule has 0 heterocycles. The van der Waals surface area contributed by atoms with Gasteiger partial charge in [0.15, 0.2) is 0 Å². The van der Waals surface area contributed by atoms with Gasteiger partial charge in [0.1, 0.15) is 0 Å². The van der Waals surface area contributed by atoms with Gasteiger partial charge in [-0.3, -0.25) is 6.34 Å². The van der Waals surface area contributed by atoms with Crippen molar-refractivity contribution < 1.29 is 17.1 Å². The first-order valence-electron chi connectivity index (χ1n) is 4.30. The minimum absolute atomic E-state index is 0. The van der Waals surface area contributed by atoms with Gasteiger partial charge >= 0.3 is 0 Å². The molecule has 2 nitrogen and oxygen atoms in total. The molecule has 3 heteroatoms. The Morgan fingerprint density at radius 2 is 1.75 bits per heavy atom. The Kier molecular flexibility index (Phi) is 9.22. The van der Waals surface area contributed by atoms with Gasteiger partial charge in [-0.2, -0.15) is 0 Å². The third-order valence-corrected chi connectivity index (χ3v) is 1.41. The topological polar surface area (TPSA) is 15.6 Å². The fourth-order valence-electron chi connectivity index (χ4n) is 0.741. The number of rotatable bonds is 4. The van der Waals surface area contributed by atoms with Crippen molar-refractivity contribution in [2.45, 2.75) is 46.7 Å². The summed E-state index contributed by atoms with van der Waals surface area (Å²) in [5.41, 5.74) is 0. The summed E-state index contributed by atoms with van der Waals surface area (Å²) in [7, 11) is 0. The van der Waals surface area contributed by atoms with Crippen molar-refractivity contribution in [3.05, 3.63) is 0 Å². The molecule has 0 aliphatic rings. The molecule has 0 aliphatic heterocycles. The van der Waals surface area contributed by atoms with Crippen LogP contribution >= 0.6 is 0 Å². The molecule has 0 saturated carbocycles. The molecule has 0 aromatic heterocycles. The van der Waals surface area contributed by atoms with E-state index < -0.39 is 0 Å². The molecule has 0 amide bonds. The van der Waals surface area contributed by atoms with Crippen molar-refractivity contribution in [1.29, 1.82) is 0 Å². The molecule has 0 aromatic rings. The van der Waals surface area contributed by atoms with Crippen molar-refractivity contribution in [2.75, 3.05) is 6.54 Å². The van der Waals surface area contributed by atoms with Crippen LogP contribution in [0.15, 0.2) is 4.99 Å². The third-order valence-electron chi connectivity index (χ3n) is 1.41. The van der Waals surface area contributed by atoms with Crippen molar-refractivity contribution in [3.63, 3.8) is 0 Å². The second kappa shape index (κ2) is 7.63. The molecule has 0 bridgehead atoms. The van der Waals surface area contributed by atoms with E-state index in [1.807, 2.05) is 0 Å². The number of nitrogens with zero attached hydrogens (tertiary/aromatic N) is 2. The zero-order chi connectivity index (χ0) is 8.85. The fourth-order valence-corrected chi connectivity index (χ4v) is 0.741. The van der Waals surface area contributed by atoms with Gasteiger partial charge in [0.05, 0.1) is 0 Å². The Hall–Kier alpha value is -0.0105. The first-order valence-corrected chi connectivity index (χ1v) is 4.30. The maximum absolute atomic E-state index is 4.19. The van der Waals surface area contributed by atoms with E-state index in [-0.39, 0.29) is 17.1 Å². The zero-order valence-corrected chi connectivity index (χ0v) is 9.81. The van der Waals surface area contributed by atoms with Crippen LogP contribution in [-0.4, -0.2) is 29.9 Å². The summed E-state index contributed by atoms with van der Waals surface area (Å²) in [5.74, 6) is 0. The average molecular weight is 210 g/mol. The van der Waals surface area contributed by atoms with Gasteiger partial charge in [0.25, 0.3) is 0 Å². The molecule has 0 saturated heterocycles. The molecule has 0 aromatic carbocycles. The molecule has 0 N–H and O–H groups in total. The number of hydrogen-bond acceptors (Lipinski definition) is 1. The molecule has 0 unspecified atom stereocenters. The summed E-state index contributed by atoms with van der Waals surface area (Å²) in [6, 6.07) is 0.852. The Labute approximate surface area is 86.9 Å². The van der Waals surface area contributed by atoms with Crippen LogP contribution in [0.1, 0.15) is 34.6 Å². The van der Waals surface area contributed by atoms with E-state index in [1.54, 1.807) is 0 Å². The molecular formula is C9H19MnN2-. The molecule has 12 heavy (non-hydrogen) atoms. The summed E-state index contributed by atoms with van der Waals surface area (Å²) in [4.78, 5) is 6.29. The molecular weight excluding hydrogens is 191 g/mol. The van der Waals surface area contributed by atoms with E-state index in [0.717, 1.165) is 6.54 Å². The summed E-state index contributed by atoms with van der Waals surface area (Å²) in [5, 5.41) is 0. The van der Waals surface area contributed by atoms with E-state index in [1.165, 1.54) is 0 Å². The van der Waals surface area contributed by atoms with Gasteiger partial charge in [-0.1, -0.05) is 6.92 Å².